The Bertz CT molecular complexity index is 810. The Morgan fingerprint density at radius 3 is 2.43 bits per heavy atom. The minimum Gasteiger partial charge on any atom is -0.361 e. The molecule has 0 aliphatic heterocycles. The summed E-state index contributed by atoms with van der Waals surface area (Å²) in [6.07, 6.45) is -4.52. The molecule has 0 unspecified atom stereocenters. The van der Waals surface area contributed by atoms with Crippen molar-refractivity contribution in [2.24, 2.45) is 0 Å². The highest BCUT2D eigenvalue weighted by molar-refractivity contribution is 5.82. The van der Waals surface area contributed by atoms with Gasteiger partial charge in [-0.15, -0.1) is 0 Å². The third-order valence-electron chi connectivity index (χ3n) is 3.53. The number of rotatable bonds is 4. The van der Waals surface area contributed by atoms with E-state index in [1.165, 1.54) is 0 Å². The van der Waals surface area contributed by atoms with Crippen molar-refractivity contribution in [3.63, 3.8) is 0 Å². The van der Waals surface area contributed by atoms with E-state index < -0.39 is 12.0 Å². The largest absolute Gasteiger partial charge is 0.449 e. The van der Waals surface area contributed by atoms with Gasteiger partial charge in [-0.1, -0.05) is 36.4 Å². The van der Waals surface area contributed by atoms with Crippen molar-refractivity contribution in [1.29, 1.82) is 0 Å². The van der Waals surface area contributed by atoms with Gasteiger partial charge in [0.2, 0.25) is 5.82 Å². The molecule has 1 heterocycles. The SMILES string of the molecule is CCOCn1c(C(F)(F)F)nc2cc(-c3ccccc3)ccc21. The van der Waals surface area contributed by atoms with Crippen LogP contribution < -0.4 is 0 Å². The lowest BCUT2D eigenvalue weighted by Gasteiger charge is -2.11. The Balaban J connectivity index is 2.13. The maximum Gasteiger partial charge on any atom is 0.449 e. The van der Waals surface area contributed by atoms with E-state index in [-0.39, 0.29) is 6.73 Å². The van der Waals surface area contributed by atoms with E-state index in [4.69, 9.17) is 4.74 Å². The van der Waals surface area contributed by atoms with Crippen molar-refractivity contribution in [3.05, 3.63) is 54.4 Å². The van der Waals surface area contributed by atoms with Crippen molar-refractivity contribution < 1.29 is 17.9 Å². The maximum absolute atomic E-state index is 13.2. The first-order valence-electron chi connectivity index (χ1n) is 7.21. The van der Waals surface area contributed by atoms with Crippen molar-refractivity contribution in [1.82, 2.24) is 9.55 Å². The van der Waals surface area contributed by atoms with Crippen LogP contribution in [-0.4, -0.2) is 16.2 Å². The van der Waals surface area contributed by atoms with Gasteiger partial charge in [0.15, 0.2) is 0 Å². The molecule has 0 aliphatic rings. The third-order valence-corrected chi connectivity index (χ3v) is 3.53. The number of nitrogens with zero attached hydrogens (tertiary/aromatic N) is 2. The fourth-order valence-electron chi connectivity index (χ4n) is 2.47. The lowest BCUT2D eigenvalue weighted by Crippen LogP contribution is -2.16. The highest BCUT2D eigenvalue weighted by Gasteiger charge is 2.37. The highest BCUT2D eigenvalue weighted by atomic mass is 19.4. The van der Waals surface area contributed by atoms with Crippen molar-refractivity contribution >= 4 is 11.0 Å². The van der Waals surface area contributed by atoms with Crippen LogP contribution in [0.3, 0.4) is 0 Å². The van der Waals surface area contributed by atoms with Crippen LogP contribution in [0.4, 0.5) is 13.2 Å². The third kappa shape index (κ3) is 3.07. The molecule has 6 heteroatoms. The molecule has 2 aromatic carbocycles. The summed E-state index contributed by atoms with van der Waals surface area (Å²) in [5.41, 5.74) is 2.47. The van der Waals surface area contributed by atoms with Gasteiger partial charge < -0.3 is 4.74 Å². The average molecular weight is 320 g/mol. The zero-order valence-electron chi connectivity index (χ0n) is 12.5. The number of imidazole rings is 1. The van der Waals surface area contributed by atoms with Gasteiger partial charge in [-0.3, -0.25) is 4.57 Å². The predicted molar refractivity (Wildman–Crippen MR) is 81.8 cm³/mol. The van der Waals surface area contributed by atoms with Gasteiger partial charge in [-0.2, -0.15) is 13.2 Å². The first kappa shape index (κ1) is 15.6. The Morgan fingerprint density at radius 2 is 1.78 bits per heavy atom. The molecule has 0 spiro atoms. The minimum absolute atomic E-state index is 0.174. The highest BCUT2D eigenvalue weighted by Crippen LogP contribution is 2.33. The lowest BCUT2D eigenvalue weighted by molar-refractivity contribution is -0.149. The summed E-state index contributed by atoms with van der Waals surface area (Å²) in [5.74, 6) is -0.939. The fraction of sp³-hybridized carbons (Fsp3) is 0.235. The zero-order chi connectivity index (χ0) is 16.4. The zero-order valence-corrected chi connectivity index (χ0v) is 12.5. The Labute approximate surface area is 131 Å². The smallest absolute Gasteiger partial charge is 0.361 e. The van der Waals surface area contributed by atoms with E-state index >= 15 is 0 Å². The van der Waals surface area contributed by atoms with Crippen LogP contribution in [0.25, 0.3) is 22.2 Å². The molecule has 1 aromatic heterocycles. The molecular weight excluding hydrogens is 305 g/mol. The average Bonchev–Trinajstić information content (AvgIpc) is 2.91. The van der Waals surface area contributed by atoms with Crippen molar-refractivity contribution in [3.8, 4) is 11.1 Å². The molecule has 0 aliphatic carbocycles. The molecule has 0 N–H and O–H groups in total. The van der Waals surface area contributed by atoms with Crippen molar-refractivity contribution in [2.45, 2.75) is 19.8 Å². The van der Waals surface area contributed by atoms with E-state index in [0.29, 0.717) is 17.6 Å². The van der Waals surface area contributed by atoms with Crippen molar-refractivity contribution in [2.75, 3.05) is 6.61 Å². The summed E-state index contributed by atoms with van der Waals surface area (Å²) in [6, 6.07) is 14.6. The summed E-state index contributed by atoms with van der Waals surface area (Å²) in [7, 11) is 0. The van der Waals surface area contributed by atoms with Gasteiger partial charge in [0.25, 0.3) is 0 Å². The van der Waals surface area contributed by atoms with E-state index in [9.17, 15) is 13.2 Å². The number of alkyl halides is 3. The molecule has 3 rings (SSSR count). The van der Waals surface area contributed by atoms with Gasteiger partial charge in [0, 0.05) is 6.61 Å². The number of aromatic nitrogens is 2. The molecule has 23 heavy (non-hydrogen) atoms. The molecule has 0 fully saturated rings. The maximum atomic E-state index is 13.2. The number of ether oxygens (including phenoxy) is 1. The quantitative estimate of drug-likeness (QED) is 0.696. The second kappa shape index (κ2) is 6.04. The van der Waals surface area contributed by atoms with Gasteiger partial charge in [0.05, 0.1) is 11.0 Å². The van der Waals surface area contributed by atoms with Gasteiger partial charge in [0.1, 0.15) is 6.73 Å². The fourth-order valence-corrected chi connectivity index (χ4v) is 2.47. The number of benzene rings is 2. The molecular formula is C17H15F3N2O. The predicted octanol–water partition coefficient (Wildman–Crippen LogP) is 4.72. The topological polar surface area (TPSA) is 27.1 Å². The molecule has 0 radical (unpaired) electrons. The van der Waals surface area contributed by atoms with Gasteiger partial charge in [-0.05, 0) is 30.2 Å². The van der Waals surface area contributed by atoms with Crippen LogP contribution >= 0.6 is 0 Å². The number of hydrogen-bond acceptors (Lipinski definition) is 2. The van der Waals surface area contributed by atoms with Crippen LogP contribution in [0, 0.1) is 0 Å². The summed E-state index contributed by atoms with van der Waals surface area (Å²) in [6.45, 7) is 1.89. The molecule has 0 atom stereocenters. The second-order valence-electron chi connectivity index (χ2n) is 5.05. The van der Waals surface area contributed by atoms with Gasteiger partial charge >= 0.3 is 6.18 Å². The Kier molecular flexibility index (Phi) is 4.09. The summed E-state index contributed by atoms with van der Waals surface area (Å²) < 4.78 is 45.8. The van der Waals surface area contributed by atoms with E-state index in [1.807, 2.05) is 30.3 Å². The van der Waals surface area contributed by atoms with Crippen LogP contribution in [0.15, 0.2) is 48.5 Å². The standard InChI is InChI=1S/C17H15F3N2O/c1-2-23-11-22-15-9-8-13(12-6-4-3-5-7-12)10-14(15)21-16(22)17(18,19)20/h3-10H,2,11H2,1H3. The monoisotopic (exact) mass is 320 g/mol. The summed E-state index contributed by atoms with van der Waals surface area (Å²) >= 11 is 0. The lowest BCUT2D eigenvalue weighted by atomic mass is 10.1. The van der Waals surface area contributed by atoms with Crippen LogP contribution in [-0.2, 0) is 17.6 Å². The molecule has 0 amide bonds. The van der Waals surface area contributed by atoms with E-state index in [0.717, 1.165) is 15.7 Å². The van der Waals surface area contributed by atoms with Crippen LogP contribution in [0.1, 0.15) is 12.7 Å². The van der Waals surface area contributed by atoms with Gasteiger partial charge in [-0.25, -0.2) is 4.98 Å². The number of fused-ring (bicyclic) bond motifs is 1. The molecule has 0 saturated carbocycles. The normalized spacial score (nSPS) is 12.0. The number of hydrogen-bond donors (Lipinski definition) is 0. The number of halogens is 3. The molecule has 0 saturated heterocycles. The Morgan fingerprint density at radius 1 is 1.04 bits per heavy atom. The first-order chi connectivity index (χ1) is 11.0. The molecule has 3 nitrogen and oxygen atoms in total. The van der Waals surface area contributed by atoms with E-state index in [2.05, 4.69) is 4.98 Å². The summed E-state index contributed by atoms with van der Waals surface area (Å²) in [4.78, 5) is 3.78. The molecule has 3 aromatic rings. The Hall–Kier alpha value is -2.34. The summed E-state index contributed by atoms with van der Waals surface area (Å²) in [5, 5.41) is 0. The van der Waals surface area contributed by atoms with Crippen LogP contribution in [0.2, 0.25) is 0 Å². The minimum atomic E-state index is -4.52. The van der Waals surface area contributed by atoms with Crippen LogP contribution in [0.5, 0.6) is 0 Å². The van der Waals surface area contributed by atoms with E-state index in [1.54, 1.807) is 25.1 Å². The first-order valence-corrected chi connectivity index (χ1v) is 7.21. The molecule has 0 bridgehead atoms. The second-order valence-corrected chi connectivity index (χ2v) is 5.05. The molecule has 120 valence electrons.